The van der Waals surface area contributed by atoms with Crippen LogP contribution in [-0.2, 0) is 9.59 Å². The SMILES string of the molecule is C[C@@H]1CC2C3CCC4=CC(=O)C=CC4(C)C3[C@@H](O)CC2(C)[C@@]1(O)C(=O)CSc1ccc(Cl)cc1Cl. The summed E-state index contributed by atoms with van der Waals surface area (Å²) >= 11 is 13.6. The summed E-state index contributed by atoms with van der Waals surface area (Å²) in [6.45, 7) is 6.11. The number of carbonyl (C=O) groups excluding carboxylic acids is 2. The highest BCUT2D eigenvalue weighted by molar-refractivity contribution is 8.00. The molecule has 1 aromatic carbocycles. The molecular weight excluding hydrogens is 503 g/mol. The number of aliphatic hydroxyl groups is 2. The zero-order valence-electron chi connectivity index (χ0n) is 20.3. The number of benzene rings is 1. The van der Waals surface area contributed by atoms with Crippen LogP contribution in [0.2, 0.25) is 10.0 Å². The Morgan fingerprint density at radius 1 is 1.26 bits per heavy atom. The third-order valence-electron chi connectivity index (χ3n) is 9.76. The molecule has 4 aliphatic rings. The Hall–Kier alpha value is -1.11. The molecule has 4 aliphatic carbocycles. The lowest BCUT2D eigenvalue weighted by atomic mass is 9.46. The number of halogens is 2. The maximum Gasteiger partial charge on any atom is 0.178 e. The second kappa shape index (κ2) is 8.73. The van der Waals surface area contributed by atoms with E-state index in [1.807, 2.05) is 19.9 Å². The number of allylic oxidation sites excluding steroid dienone is 4. The number of thioether (sulfide) groups is 1. The lowest BCUT2D eigenvalue weighted by Gasteiger charge is -2.59. The molecule has 5 unspecified atom stereocenters. The van der Waals surface area contributed by atoms with Crippen molar-refractivity contribution in [2.75, 3.05) is 5.75 Å². The van der Waals surface area contributed by atoms with E-state index >= 15 is 0 Å². The number of rotatable bonds is 4. The Morgan fingerprint density at radius 2 is 2.00 bits per heavy atom. The molecule has 3 fully saturated rings. The molecule has 2 N–H and O–H groups in total. The van der Waals surface area contributed by atoms with Crippen molar-refractivity contribution in [3.63, 3.8) is 0 Å². The van der Waals surface area contributed by atoms with E-state index in [-0.39, 0.29) is 46.4 Å². The fraction of sp³-hybridized carbons (Fsp3) is 0.571. The monoisotopic (exact) mass is 534 g/mol. The third kappa shape index (κ3) is 3.72. The minimum atomic E-state index is -1.52. The first-order chi connectivity index (χ1) is 16.4. The van der Waals surface area contributed by atoms with Crippen molar-refractivity contribution in [1.82, 2.24) is 0 Å². The van der Waals surface area contributed by atoms with Crippen molar-refractivity contribution in [2.45, 2.75) is 63.1 Å². The molecule has 188 valence electrons. The van der Waals surface area contributed by atoms with Crippen LogP contribution in [0.1, 0.15) is 46.5 Å². The molecule has 7 heteroatoms. The summed E-state index contributed by atoms with van der Waals surface area (Å²) in [5.41, 5.74) is -1.51. The highest BCUT2D eigenvalue weighted by atomic mass is 35.5. The number of aliphatic hydroxyl groups excluding tert-OH is 1. The standard InChI is InChI=1S/C28H32Cl2O4S/c1-15-10-20-19-6-4-16-11-18(31)8-9-26(16,2)25(19)22(32)13-27(20,3)28(15,34)24(33)14-35-23-7-5-17(29)12-21(23)30/h5,7-9,11-12,15,19-20,22,25,32,34H,4,6,10,13-14H2,1-3H3/t15-,19?,20?,22+,25?,26?,27?,28+/m1/s1. The average Bonchev–Trinajstić information content (AvgIpc) is 2.99. The molecule has 35 heavy (non-hydrogen) atoms. The topological polar surface area (TPSA) is 74.6 Å². The Kier molecular flexibility index (Phi) is 6.37. The molecule has 0 heterocycles. The molecule has 0 bridgehead atoms. The van der Waals surface area contributed by atoms with Crippen molar-refractivity contribution in [3.8, 4) is 0 Å². The van der Waals surface area contributed by atoms with E-state index < -0.39 is 17.1 Å². The number of fused-ring (bicyclic) bond motifs is 5. The first-order valence-electron chi connectivity index (χ1n) is 12.4. The molecule has 5 rings (SSSR count). The Bertz CT molecular complexity index is 1150. The maximum absolute atomic E-state index is 13.7. The first-order valence-corrected chi connectivity index (χ1v) is 14.1. The number of hydrogen-bond acceptors (Lipinski definition) is 5. The summed E-state index contributed by atoms with van der Waals surface area (Å²) in [6.07, 6.45) is 7.45. The zero-order chi connectivity index (χ0) is 25.3. The summed E-state index contributed by atoms with van der Waals surface area (Å²) in [7, 11) is 0. The van der Waals surface area contributed by atoms with Crippen molar-refractivity contribution in [3.05, 3.63) is 52.0 Å². The van der Waals surface area contributed by atoms with Crippen LogP contribution < -0.4 is 0 Å². The van der Waals surface area contributed by atoms with Gasteiger partial charge < -0.3 is 10.2 Å². The average molecular weight is 536 g/mol. The molecule has 3 saturated carbocycles. The predicted molar refractivity (Wildman–Crippen MR) is 140 cm³/mol. The van der Waals surface area contributed by atoms with Gasteiger partial charge in [0.15, 0.2) is 11.6 Å². The van der Waals surface area contributed by atoms with Crippen LogP contribution in [0, 0.1) is 34.5 Å². The molecule has 0 saturated heterocycles. The lowest BCUT2D eigenvalue weighted by molar-refractivity contribution is -0.179. The molecule has 0 spiro atoms. The summed E-state index contributed by atoms with van der Waals surface area (Å²) in [6, 6.07) is 5.18. The number of hydrogen-bond donors (Lipinski definition) is 2. The highest BCUT2D eigenvalue weighted by Gasteiger charge is 2.70. The van der Waals surface area contributed by atoms with Crippen molar-refractivity contribution in [1.29, 1.82) is 0 Å². The van der Waals surface area contributed by atoms with Crippen LogP contribution in [-0.4, -0.2) is 39.2 Å². The Balaban J connectivity index is 1.43. The first kappa shape index (κ1) is 25.5. The van der Waals surface area contributed by atoms with Gasteiger partial charge in [-0.05, 0) is 73.8 Å². The van der Waals surface area contributed by atoms with Crippen LogP contribution in [0.15, 0.2) is 46.9 Å². The molecule has 1 aromatic rings. The van der Waals surface area contributed by atoms with Gasteiger partial charge in [0.1, 0.15) is 5.60 Å². The maximum atomic E-state index is 13.7. The molecule has 0 aromatic heterocycles. The Labute approximate surface area is 221 Å². The van der Waals surface area contributed by atoms with Crippen molar-refractivity contribution >= 4 is 46.5 Å². The van der Waals surface area contributed by atoms with Gasteiger partial charge in [0, 0.05) is 26.7 Å². The van der Waals surface area contributed by atoms with E-state index in [4.69, 9.17) is 23.2 Å². The van der Waals surface area contributed by atoms with Gasteiger partial charge in [-0.1, -0.05) is 55.6 Å². The van der Waals surface area contributed by atoms with Gasteiger partial charge in [0.2, 0.25) is 0 Å². The Morgan fingerprint density at radius 3 is 2.71 bits per heavy atom. The summed E-state index contributed by atoms with van der Waals surface area (Å²) < 4.78 is 0. The van der Waals surface area contributed by atoms with Crippen LogP contribution in [0.5, 0.6) is 0 Å². The van der Waals surface area contributed by atoms with Gasteiger partial charge >= 0.3 is 0 Å². The predicted octanol–water partition coefficient (Wildman–Crippen LogP) is 5.91. The number of ketones is 2. The minimum absolute atomic E-state index is 0.0128. The third-order valence-corrected chi connectivity index (χ3v) is 11.5. The molecule has 0 aliphatic heterocycles. The van der Waals surface area contributed by atoms with Gasteiger partial charge in [0.05, 0.1) is 16.9 Å². The normalized spacial score (nSPS) is 42.2. The fourth-order valence-corrected chi connectivity index (χ4v) is 9.54. The van der Waals surface area contributed by atoms with Gasteiger partial charge in [-0.15, -0.1) is 11.8 Å². The molecule has 0 amide bonds. The van der Waals surface area contributed by atoms with Gasteiger partial charge in [-0.3, -0.25) is 9.59 Å². The summed E-state index contributed by atoms with van der Waals surface area (Å²) in [5.74, 6) is -0.0484. The quantitative estimate of drug-likeness (QED) is 0.469. The van der Waals surface area contributed by atoms with E-state index in [9.17, 15) is 19.8 Å². The van der Waals surface area contributed by atoms with Crippen molar-refractivity contribution < 1.29 is 19.8 Å². The molecule has 8 atom stereocenters. The zero-order valence-corrected chi connectivity index (χ0v) is 22.6. The van der Waals surface area contributed by atoms with Crippen LogP contribution >= 0.6 is 35.0 Å². The van der Waals surface area contributed by atoms with Crippen molar-refractivity contribution in [2.24, 2.45) is 34.5 Å². The molecule has 4 nitrogen and oxygen atoms in total. The summed E-state index contributed by atoms with van der Waals surface area (Å²) in [5, 5.41) is 24.7. The van der Waals surface area contributed by atoms with Gasteiger partial charge in [-0.2, -0.15) is 0 Å². The van der Waals surface area contributed by atoms with E-state index in [1.165, 1.54) is 11.8 Å². The summed E-state index contributed by atoms with van der Waals surface area (Å²) in [4.78, 5) is 26.5. The van der Waals surface area contributed by atoms with E-state index in [0.29, 0.717) is 16.5 Å². The second-order valence-electron chi connectivity index (χ2n) is 11.4. The van der Waals surface area contributed by atoms with E-state index in [0.717, 1.165) is 29.7 Å². The molecule has 0 radical (unpaired) electrons. The highest BCUT2D eigenvalue weighted by Crippen LogP contribution is 2.68. The second-order valence-corrected chi connectivity index (χ2v) is 13.3. The van der Waals surface area contributed by atoms with E-state index in [1.54, 1.807) is 30.4 Å². The van der Waals surface area contributed by atoms with Gasteiger partial charge in [0.25, 0.3) is 0 Å². The fourth-order valence-electron chi connectivity index (χ4n) is 8.10. The smallest absolute Gasteiger partial charge is 0.178 e. The number of Topliss-reactive ketones (excluding diaryl/α,β-unsaturated/α-hetero) is 1. The van der Waals surface area contributed by atoms with Crippen LogP contribution in [0.3, 0.4) is 0 Å². The lowest BCUT2D eigenvalue weighted by Crippen LogP contribution is -2.62. The van der Waals surface area contributed by atoms with Gasteiger partial charge in [-0.25, -0.2) is 0 Å². The minimum Gasteiger partial charge on any atom is -0.393 e. The number of carbonyl (C=O) groups is 2. The van der Waals surface area contributed by atoms with Crippen LogP contribution in [0.4, 0.5) is 0 Å². The molecular formula is C28H32Cl2O4S. The largest absolute Gasteiger partial charge is 0.393 e. The van der Waals surface area contributed by atoms with Crippen LogP contribution in [0.25, 0.3) is 0 Å². The van der Waals surface area contributed by atoms with E-state index in [2.05, 4.69) is 6.92 Å².